The molecule has 0 radical (unpaired) electrons. The molecule has 1 saturated heterocycles. The van der Waals surface area contributed by atoms with Gasteiger partial charge < -0.3 is 33.7 Å². The van der Waals surface area contributed by atoms with Crippen LogP contribution in [0.1, 0.15) is 66.3 Å². The Morgan fingerprint density at radius 1 is 1.14 bits per heavy atom. The molecule has 2 aliphatic heterocycles. The molecule has 0 spiro atoms. The topological polar surface area (TPSA) is 123 Å². The summed E-state index contributed by atoms with van der Waals surface area (Å²) in [6.07, 6.45) is 1.85. The van der Waals surface area contributed by atoms with Gasteiger partial charge in [-0.3, -0.25) is 14.4 Å². The van der Waals surface area contributed by atoms with E-state index in [0.717, 1.165) is 5.56 Å². The quantitative estimate of drug-likeness (QED) is 0.469. The smallest absolute Gasteiger partial charge is 0.276 e. The summed E-state index contributed by atoms with van der Waals surface area (Å²) in [6, 6.07) is 12.1. The number of likely N-dealkylation sites (tertiary alicyclic amines) is 1. The number of oxazole rings is 1. The highest BCUT2D eigenvalue weighted by molar-refractivity contribution is 5.97. The zero-order valence-electron chi connectivity index (χ0n) is 25.0. The number of hydrogen-bond donors (Lipinski definition) is 1. The van der Waals surface area contributed by atoms with Crippen LogP contribution in [0.4, 0.5) is 0 Å². The van der Waals surface area contributed by atoms with Crippen LogP contribution in [-0.2, 0) is 22.6 Å². The third-order valence-corrected chi connectivity index (χ3v) is 7.45. The predicted molar refractivity (Wildman–Crippen MR) is 157 cm³/mol. The van der Waals surface area contributed by atoms with E-state index in [1.807, 2.05) is 52.0 Å². The molecule has 1 N–H and O–H groups in total. The first kappa shape index (κ1) is 30.1. The lowest BCUT2D eigenvalue weighted by Crippen LogP contribution is -2.58. The Labute approximate surface area is 251 Å². The van der Waals surface area contributed by atoms with Gasteiger partial charge in [-0.1, -0.05) is 19.1 Å². The fraction of sp³-hybridized carbons (Fsp3) is 0.438. The minimum atomic E-state index is -0.502. The minimum absolute atomic E-state index is 0.114. The summed E-state index contributed by atoms with van der Waals surface area (Å²) in [5, 5.41) is 3.05. The van der Waals surface area contributed by atoms with Crippen LogP contribution < -0.4 is 14.8 Å². The minimum Gasteiger partial charge on any atom is -0.491 e. The summed E-state index contributed by atoms with van der Waals surface area (Å²) in [7, 11) is 0. The monoisotopic (exact) mass is 590 g/mol. The van der Waals surface area contributed by atoms with Gasteiger partial charge in [0.15, 0.2) is 12.1 Å². The van der Waals surface area contributed by atoms with Gasteiger partial charge in [-0.2, -0.15) is 0 Å². The Bertz CT molecular complexity index is 1470. The number of rotatable bonds is 5. The maximum absolute atomic E-state index is 13.7. The Kier molecular flexibility index (Phi) is 9.30. The van der Waals surface area contributed by atoms with Gasteiger partial charge in [-0.15, -0.1) is 0 Å². The molecular weight excluding hydrogens is 552 g/mol. The number of carbonyl (C=O) groups is 3. The van der Waals surface area contributed by atoms with Crippen molar-refractivity contribution in [1.29, 1.82) is 0 Å². The van der Waals surface area contributed by atoms with Crippen LogP contribution in [0.15, 0.2) is 53.3 Å². The number of nitrogens with one attached hydrogen (secondary N) is 1. The number of aromatic nitrogens is 1. The summed E-state index contributed by atoms with van der Waals surface area (Å²) in [6.45, 7) is 8.61. The van der Waals surface area contributed by atoms with Crippen molar-refractivity contribution < 1.29 is 33.0 Å². The Morgan fingerprint density at radius 3 is 2.74 bits per heavy atom. The molecule has 3 heterocycles. The second-order valence-corrected chi connectivity index (χ2v) is 11.0. The van der Waals surface area contributed by atoms with E-state index in [4.69, 9.17) is 18.6 Å². The van der Waals surface area contributed by atoms with E-state index in [-0.39, 0.29) is 55.3 Å². The second kappa shape index (κ2) is 13.3. The lowest BCUT2D eigenvalue weighted by molar-refractivity contribution is -0.124. The zero-order chi connectivity index (χ0) is 30.5. The largest absolute Gasteiger partial charge is 0.491 e. The molecule has 1 aromatic heterocycles. The van der Waals surface area contributed by atoms with Crippen LogP contribution >= 0.6 is 0 Å². The lowest BCUT2D eigenvalue weighted by atomic mass is 10.0. The highest BCUT2D eigenvalue weighted by atomic mass is 16.5. The van der Waals surface area contributed by atoms with E-state index in [9.17, 15) is 14.4 Å². The van der Waals surface area contributed by atoms with Crippen LogP contribution in [0.2, 0.25) is 0 Å². The second-order valence-electron chi connectivity index (χ2n) is 11.0. The molecule has 11 heteroatoms. The number of amides is 3. The number of benzene rings is 2. The van der Waals surface area contributed by atoms with E-state index in [2.05, 4.69) is 10.3 Å². The van der Waals surface area contributed by atoms with Crippen molar-refractivity contribution in [1.82, 2.24) is 20.1 Å². The Balaban J connectivity index is 1.45. The normalized spacial score (nSPS) is 19.5. The van der Waals surface area contributed by atoms with Gasteiger partial charge >= 0.3 is 0 Å². The molecule has 3 amide bonds. The fourth-order valence-corrected chi connectivity index (χ4v) is 5.37. The van der Waals surface area contributed by atoms with Crippen molar-refractivity contribution in [3.63, 3.8) is 0 Å². The van der Waals surface area contributed by atoms with E-state index in [1.165, 1.54) is 11.3 Å². The molecule has 228 valence electrons. The van der Waals surface area contributed by atoms with Crippen molar-refractivity contribution in [2.45, 2.75) is 65.4 Å². The molecule has 0 unspecified atom stereocenters. The maximum Gasteiger partial charge on any atom is 0.276 e. The molecule has 4 bridgehead atoms. The molecule has 2 aromatic carbocycles. The Hall–Kier alpha value is -4.38. The summed E-state index contributed by atoms with van der Waals surface area (Å²) < 4.78 is 23.8. The average molecular weight is 591 g/mol. The number of ether oxygens (including phenoxy) is 3. The number of carbonyl (C=O) groups excluding carboxylic acids is 3. The molecule has 0 saturated carbocycles. The fourth-order valence-electron chi connectivity index (χ4n) is 5.37. The van der Waals surface area contributed by atoms with Crippen LogP contribution in [0.25, 0.3) is 0 Å². The number of aryl methyl sites for hydroxylation is 1. The first-order valence-electron chi connectivity index (χ1n) is 14.7. The van der Waals surface area contributed by atoms with E-state index in [1.54, 1.807) is 23.1 Å². The van der Waals surface area contributed by atoms with Crippen LogP contribution in [0, 0.1) is 0 Å². The molecular formula is C32H38N4O7. The molecule has 43 heavy (non-hydrogen) atoms. The van der Waals surface area contributed by atoms with Gasteiger partial charge in [0, 0.05) is 37.7 Å². The number of fused-ring (bicyclic) bond motifs is 5. The molecule has 2 aliphatic rings. The van der Waals surface area contributed by atoms with Crippen LogP contribution in [0.3, 0.4) is 0 Å². The Morgan fingerprint density at radius 2 is 1.98 bits per heavy atom. The first-order chi connectivity index (χ1) is 20.7. The van der Waals surface area contributed by atoms with Gasteiger partial charge in [0.05, 0.1) is 31.4 Å². The summed E-state index contributed by atoms with van der Waals surface area (Å²) in [5.41, 5.74) is 1.51. The van der Waals surface area contributed by atoms with Crippen molar-refractivity contribution in [3.8, 4) is 17.2 Å². The van der Waals surface area contributed by atoms with Crippen molar-refractivity contribution >= 4 is 17.7 Å². The highest BCUT2D eigenvalue weighted by Crippen LogP contribution is 2.30. The van der Waals surface area contributed by atoms with Crippen LogP contribution in [-0.4, -0.2) is 76.9 Å². The number of nitrogens with zero attached hydrogens (tertiary/aromatic N) is 3. The van der Waals surface area contributed by atoms with E-state index in [0.29, 0.717) is 54.5 Å². The zero-order valence-corrected chi connectivity index (χ0v) is 25.0. The van der Waals surface area contributed by atoms with Crippen molar-refractivity contribution in [3.05, 3.63) is 71.4 Å². The number of piperidine rings is 1. The molecule has 3 aromatic rings. The standard InChI is InChI=1S/C32H38N4O7/c1-5-27-30(33-19-41-27)32(39)36-11-10-28-26(16-36)34-29(37)17-35(6-2)31(38)22-13-24(42-20(3)4)15-25(14-22)43-23-9-7-8-21(12-23)18-40-28/h7-9,12-15,19-20,26,28H,5-6,10-11,16-18H2,1-4H3,(H,34,37)/t26-,28-/m0/s1. The third-order valence-electron chi connectivity index (χ3n) is 7.45. The number of likely N-dealkylation sites (N-methyl/N-ethyl adjacent to an activating group) is 1. The van der Waals surface area contributed by atoms with Crippen LogP contribution in [0.5, 0.6) is 17.2 Å². The first-order valence-corrected chi connectivity index (χ1v) is 14.7. The predicted octanol–water partition coefficient (Wildman–Crippen LogP) is 4.21. The third kappa shape index (κ3) is 7.16. The van der Waals surface area contributed by atoms with Gasteiger partial charge in [-0.25, -0.2) is 4.98 Å². The van der Waals surface area contributed by atoms with Crippen molar-refractivity contribution in [2.75, 3.05) is 26.2 Å². The van der Waals surface area contributed by atoms with Gasteiger partial charge in [0.25, 0.3) is 11.8 Å². The lowest BCUT2D eigenvalue weighted by Gasteiger charge is -2.39. The molecule has 5 rings (SSSR count). The van der Waals surface area contributed by atoms with Gasteiger partial charge in [0.2, 0.25) is 5.91 Å². The molecule has 0 aliphatic carbocycles. The highest BCUT2D eigenvalue weighted by Gasteiger charge is 2.35. The van der Waals surface area contributed by atoms with Crippen molar-refractivity contribution in [2.24, 2.45) is 0 Å². The summed E-state index contributed by atoms with van der Waals surface area (Å²) >= 11 is 0. The maximum atomic E-state index is 13.7. The molecule has 11 nitrogen and oxygen atoms in total. The van der Waals surface area contributed by atoms with Gasteiger partial charge in [-0.05, 0) is 57.0 Å². The van der Waals surface area contributed by atoms with Gasteiger partial charge in [0.1, 0.15) is 23.0 Å². The summed E-state index contributed by atoms with van der Waals surface area (Å²) in [4.78, 5) is 47.6. The SMILES string of the molecule is CCc1ocnc1C(=O)N1CC[C@@H]2OCc3cccc(c3)Oc3cc(OC(C)C)cc(c3)C(=O)N(CC)CC(=O)N[C@H]2C1. The number of hydrogen-bond acceptors (Lipinski definition) is 8. The average Bonchev–Trinajstić information content (AvgIpc) is 3.47. The van der Waals surface area contributed by atoms with E-state index < -0.39 is 6.04 Å². The van der Waals surface area contributed by atoms with E-state index >= 15 is 0 Å². The molecule has 2 atom stereocenters. The molecule has 1 fully saturated rings. The summed E-state index contributed by atoms with van der Waals surface area (Å²) in [5.74, 6) is 1.12.